The van der Waals surface area contributed by atoms with Gasteiger partial charge in [-0.25, -0.2) is 0 Å². The summed E-state index contributed by atoms with van der Waals surface area (Å²) < 4.78 is 0. The Hall–Kier alpha value is -0.520. The molecule has 2 unspecified atom stereocenters. The average molecular weight is 206 g/mol. The van der Waals surface area contributed by atoms with Gasteiger partial charge >= 0.3 is 0 Å². The van der Waals surface area contributed by atoms with Gasteiger partial charge in [-0.15, -0.1) is 0 Å². The SMILES string of the molecule is CCC(C)CC=C(C)CC=C1CC1CC. The summed E-state index contributed by atoms with van der Waals surface area (Å²) >= 11 is 0. The van der Waals surface area contributed by atoms with Gasteiger partial charge in [0.25, 0.3) is 0 Å². The van der Waals surface area contributed by atoms with Crippen LogP contribution in [0.2, 0.25) is 0 Å². The Kier molecular flexibility index (Phi) is 5.14. The quantitative estimate of drug-likeness (QED) is 0.529. The first-order valence-corrected chi connectivity index (χ1v) is 6.51. The molecule has 1 rings (SSSR count). The number of rotatable bonds is 6. The van der Waals surface area contributed by atoms with Crippen LogP contribution < -0.4 is 0 Å². The largest absolute Gasteiger partial charge is 0.0850 e. The lowest BCUT2D eigenvalue weighted by Gasteiger charge is -2.04. The third kappa shape index (κ3) is 4.68. The minimum atomic E-state index is 0.844. The molecule has 0 N–H and O–H groups in total. The molecule has 0 aromatic carbocycles. The highest BCUT2D eigenvalue weighted by Crippen LogP contribution is 2.40. The molecule has 0 radical (unpaired) electrons. The maximum atomic E-state index is 2.45. The Morgan fingerprint density at radius 1 is 1.47 bits per heavy atom. The van der Waals surface area contributed by atoms with E-state index in [1.165, 1.54) is 32.1 Å². The van der Waals surface area contributed by atoms with E-state index in [-0.39, 0.29) is 0 Å². The minimum absolute atomic E-state index is 0.844. The molecule has 0 saturated heterocycles. The molecule has 0 aliphatic heterocycles. The molecule has 0 aromatic rings. The van der Waals surface area contributed by atoms with E-state index in [4.69, 9.17) is 0 Å². The van der Waals surface area contributed by atoms with E-state index in [2.05, 4.69) is 39.8 Å². The fourth-order valence-corrected chi connectivity index (χ4v) is 1.83. The summed E-state index contributed by atoms with van der Waals surface area (Å²) in [6, 6.07) is 0. The van der Waals surface area contributed by atoms with Crippen LogP contribution in [0.4, 0.5) is 0 Å². The molecular formula is C15H26. The normalized spacial score (nSPS) is 25.7. The first kappa shape index (κ1) is 12.5. The van der Waals surface area contributed by atoms with Gasteiger partial charge in [0.15, 0.2) is 0 Å². The van der Waals surface area contributed by atoms with Crippen LogP contribution >= 0.6 is 0 Å². The molecule has 0 bridgehead atoms. The number of hydrogen-bond acceptors (Lipinski definition) is 0. The van der Waals surface area contributed by atoms with Crippen molar-refractivity contribution in [2.75, 3.05) is 0 Å². The second-order valence-electron chi connectivity index (χ2n) is 5.09. The smallest absolute Gasteiger partial charge is 0.0139 e. The van der Waals surface area contributed by atoms with Gasteiger partial charge in [-0.1, -0.05) is 50.5 Å². The molecule has 0 heterocycles. The highest BCUT2D eigenvalue weighted by Gasteiger charge is 2.26. The zero-order valence-electron chi connectivity index (χ0n) is 10.8. The van der Waals surface area contributed by atoms with Gasteiger partial charge in [0.05, 0.1) is 0 Å². The molecule has 1 aliphatic carbocycles. The molecule has 0 nitrogen and oxygen atoms in total. The van der Waals surface area contributed by atoms with Crippen molar-refractivity contribution in [1.82, 2.24) is 0 Å². The Morgan fingerprint density at radius 2 is 2.20 bits per heavy atom. The van der Waals surface area contributed by atoms with Gasteiger partial charge in [0.1, 0.15) is 0 Å². The lowest BCUT2D eigenvalue weighted by atomic mass is 10.0. The van der Waals surface area contributed by atoms with E-state index in [0.717, 1.165) is 11.8 Å². The van der Waals surface area contributed by atoms with E-state index in [0.29, 0.717) is 0 Å². The molecule has 0 amide bonds. The second-order valence-corrected chi connectivity index (χ2v) is 5.09. The summed E-state index contributed by atoms with van der Waals surface area (Å²) in [4.78, 5) is 0. The maximum absolute atomic E-state index is 2.45. The predicted molar refractivity (Wildman–Crippen MR) is 68.9 cm³/mol. The minimum Gasteiger partial charge on any atom is -0.0850 e. The summed E-state index contributed by atoms with van der Waals surface area (Å²) in [7, 11) is 0. The van der Waals surface area contributed by atoms with Crippen LogP contribution in [0.3, 0.4) is 0 Å². The van der Waals surface area contributed by atoms with Crippen LogP contribution in [0.1, 0.15) is 59.8 Å². The van der Waals surface area contributed by atoms with E-state index in [9.17, 15) is 0 Å². The van der Waals surface area contributed by atoms with Crippen molar-refractivity contribution < 1.29 is 0 Å². The van der Waals surface area contributed by atoms with Crippen LogP contribution in [-0.4, -0.2) is 0 Å². The molecule has 2 atom stereocenters. The lowest BCUT2D eigenvalue weighted by Crippen LogP contribution is -1.89. The fraction of sp³-hybridized carbons (Fsp3) is 0.733. The zero-order chi connectivity index (χ0) is 11.3. The zero-order valence-corrected chi connectivity index (χ0v) is 10.8. The van der Waals surface area contributed by atoms with Gasteiger partial charge < -0.3 is 0 Å². The van der Waals surface area contributed by atoms with Crippen LogP contribution in [0, 0.1) is 11.8 Å². The third-order valence-corrected chi connectivity index (χ3v) is 3.59. The Balaban J connectivity index is 2.24. The highest BCUT2D eigenvalue weighted by atomic mass is 14.3. The van der Waals surface area contributed by atoms with Crippen LogP contribution in [0.15, 0.2) is 23.3 Å². The average Bonchev–Trinajstić information content (AvgIpc) is 3.01. The summed E-state index contributed by atoms with van der Waals surface area (Å²) in [6.45, 7) is 9.15. The second kappa shape index (κ2) is 6.15. The van der Waals surface area contributed by atoms with Crippen molar-refractivity contribution in [3.8, 4) is 0 Å². The van der Waals surface area contributed by atoms with E-state index in [1.807, 2.05) is 0 Å². The molecule has 0 heteroatoms. The third-order valence-electron chi connectivity index (χ3n) is 3.59. The van der Waals surface area contributed by atoms with Crippen molar-refractivity contribution in [2.24, 2.45) is 11.8 Å². The Morgan fingerprint density at radius 3 is 2.73 bits per heavy atom. The van der Waals surface area contributed by atoms with Crippen molar-refractivity contribution >= 4 is 0 Å². The Bertz CT molecular complexity index is 245. The van der Waals surface area contributed by atoms with Crippen LogP contribution in [0.5, 0.6) is 0 Å². The van der Waals surface area contributed by atoms with Crippen LogP contribution in [-0.2, 0) is 0 Å². The molecule has 1 aliphatic rings. The maximum Gasteiger partial charge on any atom is -0.0139 e. The first-order chi connectivity index (χ1) is 7.17. The number of allylic oxidation sites excluding steroid dienone is 4. The molecule has 0 spiro atoms. The van der Waals surface area contributed by atoms with Crippen molar-refractivity contribution in [2.45, 2.75) is 59.8 Å². The molecular weight excluding hydrogens is 180 g/mol. The van der Waals surface area contributed by atoms with E-state index in [1.54, 1.807) is 11.1 Å². The highest BCUT2D eigenvalue weighted by molar-refractivity contribution is 5.24. The topological polar surface area (TPSA) is 0 Å². The van der Waals surface area contributed by atoms with Crippen molar-refractivity contribution in [3.63, 3.8) is 0 Å². The van der Waals surface area contributed by atoms with Gasteiger partial charge in [-0.3, -0.25) is 0 Å². The van der Waals surface area contributed by atoms with Gasteiger partial charge in [0.2, 0.25) is 0 Å². The summed E-state index contributed by atoms with van der Waals surface area (Å²) in [5.41, 5.74) is 3.25. The van der Waals surface area contributed by atoms with Gasteiger partial charge in [-0.05, 0) is 44.4 Å². The van der Waals surface area contributed by atoms with Crippen LogP contribution in [0.25, 0.3) is 0 Å². The van der Waals surface area contributed by atoms with Crippen molar-refractivity contribution in [3.05, 3.63) is 23.3 Å². The summed E-state index contributed by atoms with van der Waals surface area (Å²) in [5.74, 6) is 1.78. The molecule has 1 fully saturated rings. The van der Waals surface area contributed by atoms with Gasteiger partial charge in [-0.2, -0.15) is 0 Å². The lowest BCUT2D eigenvalue weighted by molar-refractivity contribution is 0.570. The van der Waals surface area contributed by atoms with Gasteiger partial charge in [0, 0.05) is 0 Å². The molecule has 15 heavy (non-hydrogen) atoms. The van der Waals surface area contributed by atoms with E-state index < -0.39 is 0 Å². The summed E-state index contributed by atoms with van der Waals surface area (Å²) in [5, 5.41) is 0. The first-order valence-electron chi connectivity index (χ1n) is 6.51. The molecule has 0 aromatic heterocycles. The monoisotopic (exact) mass is 206 g/mol. The Labute approximate surface area is 95.5 Å². The standard InChI is InChI=1S/C15H26/c1-5-12(3)7-8-13(4)9-10-15-11-14(15)6-2/h8,10,12,14H,5-7,9,11H2,1-4H3. The fourth-order valence-electron chi connectivity index (χ4n) is 1.83. The molecule has 86 valence electrons. The number of hydrogen-bond donors (Lipinski definition) is 0. The van der Waals surface area contributed by atoms with Crippen molar-refractivity contribution in [1.29, 1.82) is 0 Å². The molecule has 1 saturated carbocycles. The van der Waals surface area contributed by atoms with E-state index >= 15 is 0 Å². The predicted octanol–water partition coefficient (Wildman–Crippen LogP) is 5.12. The summed E-state index contributed by atoms with van der Waals surface area (Å²) in [6.07, 6.45) is 11.3.